The molecule has 2 atom stereocenters. The summed E-state index contributed by atoms with van der Waals surface area (Å²) in [5, 5.41) is 3.31. The number of benzene rings is 1. The normalized spacial score (nSPS) is 24.4. The third-order valence-corrected chi connectivity index (χ3v) is 5.06. The highest BCUT2D eigenvalue weighted by Gasteiger charge is 2.28. The molecule has 2 unspecified atom stereocenters. The van der Waals surface area contributed by atoms with Crippen LogP contribution in [0, 0.1) is 11.7 Å². The Bertz CT molecular complexity index is 565. The summed E-state index contributed by atoms with van der Waals surface area (Å²) in [6.07, 6.45) is 0.880. The van der Waals surface area contributed by atoms with Gasteiger partial charge in [-0.05, 0) is 37.1 Å². The van der Waals surface area contributed by atoms with Gasteiger partial charge in [0, 0.05) is 17.6 Å². The van der Waals surface area contributed by atoms with E-state index in [0.717, 1.165) is 25.1 Å². The maximum absolute atomic E-state index is 13.6. The first-order chi connectivity index (χ1) is 8.90. The first-order valence-electron chi connectivity index (χ1n) is 6.08. The van der Waals surface area contributed by atoms with Crippen LogP contribution in [0.15, 0.2) is 23.1 Å². The number of rotatable bonds is 3. The van der Waals surface area contributed by atoms with Gasteiger partial charge in [-0.3, -0.25) is 0 Å². The smallest absolute Gasteiger partial charge is 0.243 e. The second-order valence-electron chi connectivity index (χ2n) is 4.77. The van der Waals surface area contributed by atoms with E-state index in [0.29, 0.717) is 6.54 Å². The van der Waals surface area contributed by atoms with Crippen LogP contribution in [0.1, 0.15) is 13.3 Å². The van der Waals surface area contributed by atoms with Gasteiger partial charge < -0.3 is 5.32 Å². The zero-order chi connectivity index (χ0) is 14.0. The molecule has 0 radical (unpaired) electrons. The molecule has 1 aromatic carbocycles. The van der Waals surface area contributed by atoms with Gasteiger partial charge in [0.05, 0.1) is 0 Å². The third-order valence-electron chi connectivity index (χ3n) is 3.32. The van der Waals surface area contributed by atoms with Crippen molar-refractivity contribution in [3.63, 3.8) is 0 Å². The van der Waals surface area contributed by atoms with Crippen molar-refractivity contribution in [2.24, 2.45) is 5.92 Å². The molecule has 0 bridgehead atoms. The highest BCUT2D eigenvalue weighted by Crippen LogP contribution is 2.21. The van der Waals surface area contributed by atoms with E-state index in [-0.39, 0.29) is 17.0 Å². The topological polar surface area (TPSA) is 58.2 Å². The molecular weight excluding hydrogens is 291 g/mol. The molecule has 1 aliphatic rings. The Morgan fingerprint density at radius 1 is 1.47 bits per heavy atom. The molecule has 106 valence electrons. The molecule has 2 N–H and O–H groups in total. The van der Waals surface area contributed by atoms with Crippen LogP contribution in [0.3, 0.4) is 0 Å². The molecular formula is C12H16ClFN2O2S. The lowest BCUT2D eigenvalue weighted by Crippen LogP contribution is -2.50. The molecule has 2 rings (SSSR count). The Labute approximate surface area is 117 Å². The molecule has 19 heavy (non-hydrogen) atoms. The first kappa shape index (κ1) is 14.7. The van der Waals surface area contributed by atoms with Crippen LogP contribution >= 0.6 is 11.6 Å². The lowest BCUT2D eigenvalue weighted by molar-refractivity contribution is 0.327. The Balaban J connectivity index is 2.24. The summed E-state index contributed by atoms with van der Waals surface area (Å²) in [6.45, 7) is 3.38. The van der Waals surface area contributed by atoms with Gasteiger partial charge in [0.1, 0.15) is 10.7 Å². The van der Waals surface area contributed by atoms with Crippen molar-refractivity contribution in [2.45, 2.75) is 24.3 Å². The number of hydrogen-bond donors (Lipinski definition) is 2. The van der Waals surface area contributed by atoms with Gasteiger partial charge in [-0.1, -0.05) is 18.5 Å². The molecule has 0 amide bonds. The van der Waals surface area contributed by atoms with Gasteiger partial charge in [0.15, 0.2) is 0 Å². The first-order valence-corrected chi connectivity index (χ1v) is 7.94. The Hall–Kier alpha value is -0.690. The van der Waals surface area contributed by atoms with E-state index in [2.05, 4.69) is 10.0 Å². The minimum absolute atomic E-state index is 0.191. The molecule has 7 heteroatoms. The van der Waals surface area contributed by atoms with Crippen molar-refractivity contribution < 1.29 is 12.8 Å². The zero-order valence-electron chi connectivity index (χ0n) is 10.5. The van der Waals surface area contributed by atoms with E-state index >= 15 is 0 Å². The highest BCUT2D eigenvalue weighted by molar-refractivity contribution is 7.89. The van der Waals surface area contributed by atoms with Crippen LogP contribution in [0.25, 0.3) is 0 Å². The van der Waals surface area contributed by atoms with Crippen molar-refractivity contribution in [1.29, 1.82) is 0 Å². The van der Waals surface area contributed by atoms with Gasteiger partial charge in [0.2, 0.25) is 10.0 Å². The van der Waals surface area contributed by atoms with E-state index in [1.165, 1.54) is 6.07 Å². The van der Waals surface area contributed by atoms with Crippen LogP contribution in [-0.4, -0.2) is 27.5 Å². The molecule has 0 aliphatic carbocycles. The van der Waals surface area contributed by atoms with E-state index in [1.807, 2.05) is 6.92 Å². The fourth-order valence-electron chi connectivity index (χ4n) is 2.09. The number of halogens is 2. The third kappa shape index (κ3) is 3.45. The van der Waals surface area contributed by atoms with E-state index in [9.17, 15) is 12.8 Å². The molecule has 1 heterocycles. The van der Waals surface area contributed by atoms with E-state index in [4.69, 9.17) is 11.6 Å². The number of nitrogens with one attached hydrogen (secondary N) is 2. The number of hydrogen-bond acceptors (Lipinski definition) is 3. The summed E-state index contributed by atoms with van der Waals surface area (Å²) < 4.78 is 40.5. The monoisotopic (exact) mass is 306 g/mol. The molecule has 1 aliphatic heterocycles. The quantitative estimate of drug-likeness (QED) is 0.894. The summed E-state index contributed by atoms with van der Waals surface area (Å²) in [7, 11) is -3.90. The number of piperidine rings is 1. The van der Waals surface area contributed by atoms with Crippen LogP contribution in [0.5, 0.6) is 0 Å². The molecule has 0 spiro atoms. The largest absolute Gasteiger partial charge is 0.315 e. The fourth-order valence-corrected chi connectivity index (χ4v) is 3.78. The Morgan fingerprint density at radius 2 is 2.21 bits per heavy atom. The molecule has 0 aromatic heterocycles. The SMILES string of the molecule is CC1CCNCC1NS(=O)(=O)c1cc(Cl)ccc1F. The second-order valence-corrected chi connectivity index (χ2v) is 6.89. The summed E-state index contributed by atoms with van der Waals surface area (Å²) >= 11 is 5.72. The molecule has 1 aromatic rings. The van der Waals surface area contributed by atoms with Crippen molar-refractivity contribution in [2.75, 3.05) is 13.1 Å². The standard InChI is InChI=1S/C12H16ClFN2O2S/c1-8-4-5-15-7-11(8)16-19(17,18)12-6-9(13)2-3-10(12)14/h2-3,6,8,11,15-16H,4-5,7H2,1H3. The van der Waals surface area contributed by atoms with Crippen molar-refractivity contribution in [3.8, 4) is 0 Å². The van der Waals surface area contributed by atoms with Crippen molar-refractivity contribution in [1.82, 2.24) is 10.0 Å². The van der Waals surface area contributed by atoms with Crippen molar-refractivity contribution in [3.05, 3.63) is 29.0 Å². The molecule has 1 fully saturated rings. The number of sulfonamides is 1. The zero-order valence-corrected chi connectivity index (χ0v) is 12.1. The summed E-state index contributed by atoms with van der Waals surface area (Å²) in [5.74, 6) is -0.591. The highest BCUT2D eigenvalue weighted by atomic mass is 35.5. The lowest BCUT2D eigenvalue weighted by atomic mass is 9.96. The second kappa shape index (κ2) is 5.75. The van der Waals surface area contributed by atoms with Crippen LogP contribution in [0.2, 0.25) is 5.02 Å². The molecule has 4 nitrogen and oxygen atoms in total. The van der Waals surface area contributed by atoms with Gasteiger partial charge >= 0.3 is 0 Å². The van der Waals surface area contributed by atoms with Gasteiger partial charge in [-0.25, -0.2) is 17.5 Å². The Morgan fingerprint density at radius 3 is 2.89 bits per heavy atom. The maximum atomic E-state index is 13.6. The lowest BCUT2D eigenvalue weighted by Gasteiger charge is -2.30. The Kier molecular flexibility index (Phi) is 4.45. The van der Waals surface area contributed by atoms with Gasteiger partial charge in [-0.15, -0.1) is 0 Å². The van der Waals surface area contributed by atoms with Crippen LogP contribution in [-0.2, 0) is 10.0 Å². The summed E-state index contributed by atoms with van der Waals surface area (Å²) in [6, 6.07) is 3.26. The fraction of sp³-hybridized carbons (Fsp3) is 0.500. The minimum atomic E-state index is -3.90. The molecule has 1 saturated heterocycles. The van der Waals surface area contributed by atoms with Crippen LogP contribution in [0.4, 0.5) is 4.39 Å². The average molecular weight is 307 g/mol. The predicted molar refractivity (Wildman–Crippen MR) is 72.2 cm³/mol. The summed E-state index contributed by atoms with van der Waals surface area (Å²) in [5.41, 5.74) is 0. The van der Waals surface area contributed by atoms with E-state index < -0.39 is 20.7 Å². The van der Waals surface area contributed by atoms with E-state index in [1.54, 1.807) is 0 Å². The predicted octanol–water partition coefficient (Wildman–Crippen LogP) is 1.76. The van der Waals surface area contributed by atoms with Gasteiger partial charge in [-0.2, -0.15) is 0 Å². The van der Waals surface area contributed by atoms with Crippen LogP contribution < -0.4 is 10.0 Å². The molecule has 0 saturated carbocycles. The minimum Gasteiger partial charge on any atom is -0.315 e. The van der Waals surface area contributed by atoms with Crippen molar-refractivity contribution >= 4 is 21.6 Å². The maximum Gasteiger partial charge on any atom is 0.243 e. The average Bonchev–Trinajstić information content (AvgIpc) is 2.35. The van der Waals surface area contributed by atoms with Gasteiger partial charge in [0.25, 0.3) is 0 Å². The summed E-state index contributed by atoms with van der Waals surface area (Å²) in [4.78, 5) is -0.405.